The Morgan fingerprint density at radius 1 is 1.17 bits per heavy atom. The molecule has 24 heavy (non-hydrogen) atoms. The lowest BCUT2D eigenvalue weighted by molar-refractivity contribution is 0.0535. The first-order chi connectivity index (χ1) is 11.3. The molecule has 1 aromatic rings. The van der Waals surface area contributed by atoms with Gasteiger partial charge in [0.15, 0.2) is 0 Å². The number of benzene rings is 1. The van der Waals surface area contributed by atoms with Gasteiger partial charge < -0.3 is 9.64 Å². The van der Waals surface area contributed by atoms with Crippen LogP contribution in [0, 0.1) is 6.92 Å². The second-order valence-corrected chi connectivity index (χ2v) is 8.24. The molecule has 1 aromatic carbocycles. The van der Waals surface area contributed by atoms with E-state index in [1.165, 1.54) is 11.1 Å². The number of hydrogen-bond acceptors (Lipinski definition) is 4. The maximum atomic E-state index is 11.7. The highest BCUT2D eigenvalue weighted by Gasteiger charge is 2.28. The van der Waals surface area contributed by atoms with Crippen molar-refractivity contribution in [3.63, 3.8) is 0 Å². The molecule has 0 spiro atoms. The van der Waals surface area contributed by atoms with E-state index in [9.17, 15) is 4.79 Å². The summed E-state index contributed by atoms with van der Waals surface area (Å²) in [5, 5.41) is 0. The van der Waals surface area contributed by atoms with Crippen LogP contribution in [0.15, 0.2) is 12.1 Å². The third-order valence-electron chi connectivity index (χ3n) is 5.59. The van der Waals surface area contributed by atoms with Crippen molar-refractivity contribution in [2.75, 3.05) is 32.7 Å². The van der Waals surface area contributed by atoms with Crippen molar-refractivity contribution in [2.24, 2.45) is 0 Å². The van der Waals surface area contributed by atoms with Crippen LogP contribution in [-0.2, 0) is 11.3 Å². The average molecular weight is 330 g/mol. The van der Waals surface area contributed by atoms with Crippen LogP contribution < -0.4 is 0 Å². The summed E-state index contributed by atoms with van der Waals surface area (Å²) in [6, 6.07) is 4.07. The summed E-state index contributed by atoms with van der Waals surface area (Å²) in [6.07, 6.45) is 0. The Hall–Kier alpha value is -1.39. The van der Waals surface area contributed by atoms with Gasteiger partial charge in [-0.1, -0.05) is 13.0 Å². The molecule has 0 amide bonds. The van der Waals surface area contributed by atoms with Crippen LogP contribution in [0.4, 0.5) is 0 Å². The van der Waals surface area contributed by atoms with E-state index in [-0.39, 0.29) is 11.5 Å². The molecular weight excluding hydrogens is 300 g/mol. The summed E-state index contributed by atoms with van der Waals surface area (Å²) < 4.78 is 5.18. The molecule has 2 aliphatic heterocycles. The molecule has 4 nitrogen and oxygen atoms in total. The smallest absolute Gasteiger partial charge is 0.338 e. The minimum Gasteiger partial charge on any atom is -0.457 e. The Labute approximate surface area is 145 Å². The topological polar surface area (TPSA) is 32.8 Å². The summed E-state index contributed by atoms with van der Waals surface area (Å²) >= 11 is 0. The predicted octanol–water partition coefficient (Wildman–Crippen LogP) is 3.19. The van der Waals surface area contributed by atoms with Gasteiger partial charge in [-0.15, -0.1) is 0 Å². The molecule has 2 heterocycles. The van der Waals surface area contributed by atoms with Crippen molar-refractivity contribution in [3.8, 4) is 0 Å². The van der Waals surface area contributed by atoms with Gasteiger partial charge in [0.1, 0.15) is 6.61 Å². The molecule has 1 unspecified atom stereocenters. The number of carbonyl (C=O) groups is 1. The average Bonchev–Trinajstić information content (AvgIpc) is 2.89. The maximum Gasteiger partial charge on any atom is 0.338 e. The van der Waals surface area contributed by atoms with E-state index in [0.717, 1.165) is 43.9 Å². The van der Waals surface area contributed by atoms with Crippen molar-refractivity contribution in [2.45, 2.75) is 52.7 Å². The van der Waals surface area contributed by atoms with Crippen LogP contribution >= 0.6 is 0 Å². The quantitative estimate of drug-likeness (QED) is 0.797. The van der Waals surface area contributed by atoms with Gasteiger partial charge >= 0.3 is 5.97 Å². The molecule has 1 saturated heterocycles. The number of carbonyl (C=O) groups excluding carboxylic acids is 1. The number of esters is 1. The minimum absolute atomic E-state index is 0.175. The summed E-state index contributed by atoms with van der Waals surface area (Å²) in [5.74, 6) is 0.290. The molecule has 0 aliphatic carbocycles. The zero-order valence-electron chi connectivity index (χ0n) is 15.7. The summed E-state index contributed by atoms with van der Waals surface area (Å²) in [7, 11) is 0. The van der Waals surface area contributed by atoms with Crippen LogP contribution in [0.2, 0.25) is 0 Å². The molecule has 0 bridgehead atoms. The van der Waals surface area contributed by atoms with Gasteiger partial charge in [-0.2, -0.15) is 0 Å². The molecule has 0 saturated carbocycles. The third kappa shape index (κ3) is 3.35. The van der Waals surface area contributed by atoms with Crippen molar-refractivity contribution < 1.29 is 9.53 Å². The monoisotopic (exact) mass is 330 g/mol. The lowest BCUT2D eigenvalue weighted by atomic mass is 9.90. The number of rotatable bonds is 3. The lowest BCUT2D eigenvalue weighted by Gasteiger charge is -2.43. The van der Waals surface area contributed by atoms with E-state index >= 15 is 0 Å². The van der Waals surface area contributed by atoms with E-state index in [1.54, 1.807) is 0 Å². The Morgan fingerprint density at radius 3 is 2.46 bits per heavy atom. The van der Waals surface area contributed by atoms with Gasteiger partial charge in [0, 0.05) is 43.8 Å². The van der Waals surface area contributed by atoms with Crippen molar-refractivity contribution in [3.05, 3.63) is 34.4 Å². The molecule has 0 radical (unpaired) electrons. The molecule has 4 heteroatoms. The first-order valence-electron chi connectivity index (χ1n) is 9.04. The molecule has 0 aromatic heterocycles. The number of cyclic esters (lactones) is 1. The minimum atomic E-state index is -0.175. The maximum absolute atomic E-state index is 11.7. The van der Waals surface area contributed by atoms with E-state index < -0.39 is 0 Å². The first-order valence-corrected chi connectivity index (χ1v) is 9.04. The zero-order chi connectivity index (χ0) is 17.5. The number of ether oxygens (including phenoxy) is 1. The second kappa shape index (κ2) is 6.49. The van der Waals surface area contributed by atoms with Gasteiger partial charge in [0.25, 0.3) is 0 Å². The van der Waals surface area contributed by atoms with Crippen LogP contribution in [0.25, 0.3) is 0 Å². The molecular formula is C20H30N2O2. The fraction of sp³-hybridized carbons (Fsp3) is 0.650. The van der Waals surface area contributed by atoms with Crippen LogP contribution in [0.3, 0.4) is 0 Å². The summed E-state index contributed by atoms with van der Waals surface area (Å²) in [5.41, 5.74) is 4.69. The molecule has 0 N–H and O–H groups in total. The standard InChI is InChI=1S/C20H30N2O2/c1-14(12-21-8-10-22(11-9-21)20(3,4)5)16-6-7-17-18(15(16)2)13-24-19(17)23/h6-7,14H,8-13H2,1-5H3. The largest absolute Gasteiger partial charge is 0.457 e. The van der Waals surface area contributed by atoms with Gasteiger partial charge in [-0.3, -0.25) is 4.90 Å². The molecule has 3 rings (SSSR count). The number of fused-ring (bicyclic) bond motifs is 1. The Kier molecular flexibility index (Phi) is 4.71. The normalized spacial score (nSPS) is 20.8. The van der Waals surface area contributed by atoms with Crippen molar-refractivity contribution >= 4 is 5.97 Å². The fourth-order valence-electron chi connectivity index (χ4n) is 3.99. The highest BCUT2D eigenvalue weighted by molar-refractivity contribution is 5.93. The summed E-state index contributed by atoms with van der Waals surface area (Å²) in [4.78, 5) is 16.8. The van der Waals surface area contributed by atoms with Gasteiger partial charge in [0.05, 0.1) is 5.56 Å². The van der Waals surface area contributed by atoms with Crippen LogP contribution in [-0.4, -0.2) is 54.0 Å². The summed E-state index contributed by atoms with van der Waals surface area (Å²) in [6.45, 7) is 17.4. The number of hydrogen-bond donors (Lipinski definition) is 0. The van der Waals surface area contributed by atoms with E-state index in [0.29, 0.717) is 12.5 Å². The fourth-order valence-corrected chi connectivity index (χ4v) is 3.99. The lowest BCUT2D eigenvalue weighted by Crippen LogP contribution is -2.53. The van der Waals surface area contributed by atoms with Gasteiger partial charge in [-0.25, -0.2) is 4.79 Å². The van der Waals surface area contributed by atoms with Crippen molar-refractivity contribution in [1.29, 1.82) is 0 Å². The SMILES string of the molecule is Cc1c(C(C)CN2CCN(C(C)(C)C)CC2)ccc2c1COC2=O. The third-order valence-corrected chi connectivity index (χ3v) is 5.59. The van der Waals surface area contributed by atoms with Crippen molar-refractivity contribution in [1.82, 2.24) is 9.80 Å². The first kappa shape index (κ1) is 17.4. The Balaban J connectivity index is 1.65. The molecule has 1 atom stereocenters. The van der Waals surface area contributed by atoms with E-state index in [4.69, 9.17) is 4.74 Å². The van der Waals surface area contributed by atoms with Crippen LogP contribution in [0.5, 0.6) is 0 Å². The van der Waals surface area contributed by atoms with E-state index in [1.807, 2.05) is 6.07 Å². The molecule has 1 fully saturated rings. The Bertz CT molecular complexity index is 625. The number of piperazine rings is 1. The predicted molar refractivity (Wildman–Crippen MR) is 96.5 cm³/mol. The highest BCUT2D eigenvalue weighted by atomic mass is 16.5. The zero-order valence-corrected chi connectivity index (χ0v) is 15.7. The Morgan fingerprint density at radius 2 is 1.83 bits per heavy atom. The molecule has 132 valence electrons. The van der Waals surface area contributed by atoms with Crippen LogP contribution in [0.1, 0.15) is 60.7 Å². The van der Waals surface area contributed by atoms with E-state index in [2.05, 4.69) is 50.5 Å². The second-order valence-electron chi connectivity index (χ2n) is 8.24. The molecule has 2 aliphatic rings. The van der Waals surface area contributed by atoms with Gasteiger partial charge in [0.2, 0.25) is 0 Å². The highest BCUT2D eigenvalue weighted by Crippen LogP contribution is 2.30. The number of nitrogens with zero attached hydrogens (tertiary/aromatic N) is 2. The van der Waals surface area contributed by atoms with Gasteiger partial charge in [-0.05, 0) is 50.8 Å².